The predicted octanol–water partition coefficient (Wildman–Crippen LogP) is 2.77. The number of hydrogen-bond donors (Lipinski definition) is 1. The van der Waals surface area contributed by atoms with Crippen LogP contribution in [-0.2, 0) is 4.74 Å². The smallest absolute Gasteiger partial charge is 0.0697 e. The topological polar surface area (TPSA) is 29.5 Å². The molecule has 0 amide bonds. The Morgan fingerprint density at radius 3 is 2.57 bits per heavy atom. The molecule has 0 aliphatic heterocycles. The summed E-state index contributed by atoms with van der Waals surface area (Å²) >= 11 is 0. The third kappa shape index (κ3) is 9.75. The summed E-state index contributed by atoms with van der Waals surface area (Å²) in [4.78, 5) is 0. The van der Waals surface area contributed by atoms with Gasteiger partial charge in [-0.15, -0.1) is 0 Å². The third-order valence-corrected chi connectivity index (χ3v) is 2.20. The number of rotatable bonds is 8. The molecule has 84 valence electrons. The lowest BCUT2D eigenvalue weighted by molar-refractivity contribution is 0.0836. The Kier molecular flexibility index (Phi) is 9.00. The summed E-state index contributed by atoms with van der Waals surface area (Å²) in [5.41, 5.74) is 1.40. The van der Waals surface area contributed by atoms with E-state index in [1.165, 1.54) is 18.4 Å². The van der Waals surface area contributed by atoms with Crippen LogP contribution in [-0.4, -0.2) is 24.9 Å². The minimum Gasteiger partial charge on any atom is -0.394 e. The van der Waals surface area contributed by atoms with Crippen LogP contribution in [0.15, 0.2) is 11.6 Å². The minimum absolute atomic E-state index is 0.131. The number of ether oxygens (including phenoxy) is 1. The van der Waals surface area contributed by atoms with Crippen molar-refractivity contribution in [3.8, 4) is 0 Å². The second-order valence-electron chi connectivity index (χ2n) is 4.09. The Labute approximate surface area is 88.0 Å². The van der Waals surface area contributed by atoms with Gasteiger partial charge in [-0.3, -0.25) is 0 Å². The number of aliphatic hydroxyl groups excluding tert-OH is 1. The van der Waals surface area contributed by atoms with Gasteiger partial charge in [0, 0.05) is 6.61 Å². The fourth-order valence-electron chi connectivity index (χ4n) is 1.25. The predicted molar refractivity (Wildman–Crippen MR) is 60.4 cm³/mol. The SMILES string of the molecule is CC(C)=CCCC(C)CCOCCO. The highest BCUT2D eigenvalue weighted by Crippen LogP contribution is 2.11. The van der Waals surface area contributed by atoms with Crippen molar-refractivity contribution in [2.24, 2.45) is 5.92 Å². The van der Waals surface area contributed by atoms with Gasteiger partial charge in [-0.25, -0.2) is 0 Å². The Morgan fingerprint density at radius 1 is 1.29 bits per heavy atom. The highest BCUT2D eigenvalue weighted by molar-refractivity contribution is 4.92. The van der Waals surface area contributed by atoms with E-state index >= 15 is 0 Å². The van der Waals surface area contributed by atoms with Crippen LogP contribution in [0.5, 0.6) is 0 Å². The average Bonchev–Trinajstić information content (AvgIpc) is 2.12. The van der Waals surface area contributed by atoms with Crippen molar-refractivity contribution in [2.45, 2.75) is 40.0 Å². The molecule has 0 aromatic rings. The molecule has 2 heteroatoms. The second kappa shape index (κ2) is 9.22. The van der Waals surface area contributed by atoms with Crippen LogP contribution in [0.25, 0.3) is 0 Å². The first kappa shape index (κ1) is 13.7. The standard InChI is InChI=1S/C12H24O2/c1-11(2)5-4-6-12(3)7-9-14-10-8-13/h5,12-13H,4,6-10H2,1-3H3. The number of aliphatic hydroxyl groups is 1. The van der Waals surface area contributed by atoms with Crippen molar-refractivity contribution >= 4 is 0 Å². The zero-order valence-electron chi connectivity index (χ0n) is 9.75. The normalized spacial score (nSPS) is 12.6. The van der Waals surface area contributed by atoms with E-state index in [4.69, 9.17) is 9.84 Å². The molecule has 0 aromatic heterocycles. The molecule has 0 aromatic carbocycles. The summed E-state index contributed by atoms with van der Waals surface area (Å²) in [6, 6.07) is 0. The van der Waals surface area contributed by atoms with Crippen LogP contribution >= 0.6 is 0 Å². The Bertz CT molecular complexity index is 148. The zero-order chi connectivity index (χ0) is 10.8. The number of allylic oxidation sites excluding steroid dienone is 2. The van der Waals surface area contributed by atoms with Gasteiger partial charge in [0.15, 0.2) is 0 Å². The molecule has 0 spiro atoms. The maximum Gasteiger partial charge on any atom is 0.0697 e. The summed E-state index contributed by atoms with van der Waals surface area (Å²) < 4.78 is 5.22. The molecular formula is C12H24O2. The molecule has 0 radical (unpaired) electrons. The van der Waals surface area contributed by atoms with Gasteiger partial charge in [0.05, 0.1) is 13.2 Å². The van der Waals surface area contributed by atoms with Gasteiger partial charge >= 0.3 is 0 Å². The molecular weight excluding hydrogens is 176 g/mol. The van der Waals surface area contributed by atoms with Gasteiger partial charge in [-0.2, -0.15) is 0 Å². The first-order chi connectivity index (χ1) is 6.66. The monoisotopic (exact) mass is 200 g/mol. The molecule has 0 bridgehead atoms. The Morgan fingerprint density at radius 2 is 2.00 bits per heavy atom. The third-order valence-electron chi connectivity index (χ3n) is 2.20. The molecule has 0 fully saturated rings. The first-order valence-electron chi connectivity index (χ1n) is 5.48. The van der Waals surface area contributed by atoms with Crippen LogP contribution in [0, 0.1) is 5.92 Å². The van der Waals surface area contributed by atoms with Gasteiger partial charge in [0.1, 0.15) is 0 Å². The van der Waals surface area contributed by atoms with Crippen molar-refractivity contribution in [1.29, 1.82) is 0 Å². The summed E-state index contributed by atoms with van der Waals surface area (Å²) in [6.45, 7) is 7.90. The van der Waals surface area contributed by atoms with E-state index in [1.54, 1.807) is 0 Å². The van der Waals surface area contributed by atoms with Crippen molar-refractivity contribution in [1.82, 2.24) is 0 Å². The van der Waals surface area contributed by atoms with Gasteiger partial charge in [-0.05, 0) is 39.0 Å². The lowest BCUT2D eigenvalue weighted by atomic mass is 10.0. The Hall–Kier alpha value is -0.340. The molecule has 1 N–H and O–H groups in total. The molecule has 14 heavy (non-hydrogen) atoms. The largest absolute Gasteiger partial charge is 0.394 e. The summed E-state index contributed by atoms with van der Waals surface area (Å²) in [5.74, 6) is 0.712. The van der Waals surface area contributed by atoms with Gasteiger partial charge in [-0.1, -0.05) is 18.6 Å². The van der Waals surface area contributed by atoms with Crippen molar-refractivity contribution in [2.75, 3.05) is 19.8 Å². The average molecular weight is 200 g/mol. The van der Waals surface area contributed by atoms with E-state index in [0.29, 0.717) is 12.5 Å². The van der Waals surface area contributed by atoms with Crippen molar-refractivity contribution < 1.29 is 9.84 Å². The van der Waals surface area contributed by atoms with Gasteiger partial charge in [0.2, 0.25) is 0 Å². The van der Waals surface area contributed by atoms with Gasteiger partial charge in [0.25, 0.3) is 0 Å². The molecule has 0 saturated carbocycles. The maximum absolute atomic E-state index is 8.50. The Balaban J connectivity index is 3.28. The molecule has 2 nitrogen and oxygen atoms in total. The van der Waals surface area contributed by atoms with E-state index in [0.717, 1.165) is 13.0 Å². The van der Waals surface area contributed by atoms with Crippen LogP contribution in [0.4, 0.5) is 0 Å². The summed E-state index contributed by atoms with van der Waals surface area (Å²) in [5, 5.41) is 8.50. The molecule has 0 saturated heterocycles. The molecule has 1 unspecified atom stereocenters. The van der Waals surface area contributed by atoms with Crippen LogP contribution in [0.2, 0.25) is 0 Å². The van der Waals surface area contributed by atoms with E-state index in [9.17, 15) is 0 Å². The van der Waals surface area contributed by atoms with Crippen molar-refractivity contribution in [3.05, 3.63) is 11.6 Å². The fraction of sp³-hybridized carbons (Fsp3) is 0.833. The highest BCUT2D eigenvalue weighted by Gasteiger charge is 2.00. The summed E-state index contributed by atoms with van der Waals surface area (Å²) in [6.07, 6.45) is 5.78. The van der Waals surface area contributed by atoms with Crippen LogP contribution < -0.4 is 0 Å². The molecule has 0 rings (SSSR count). The molecule has 0 heterocycles. The van der Waals surface area contributed by atoms with E-state index in [2.05, 4.69) is 26.8 Å². The number of hydrogen-bond acceptors (Lipinski definition) is 2. The molecule has 1 atom stereocenters. The van der Waals surface area contributed by atoms with E-state index in [-0.39, 0.29) is 6.61 Å². The lowest BCUT2D eigenvalue weighted by Crippen LogP contribution is -2.05. The first-order valence-corrected chi connectivity index (χ1v) is 5.48. The lowest BCUT2D eigenvalue weighted by Gasteiger charge is -2.09. The van der Waals surface area contributed by atoms with E-state index in [1.807, 2.05) is 0 Å². The zero-order valence-corrected chi connectivity index (χ0v) is 9.75. The van der Waals surface area contributed by atoms with Gasteiger partial charge < -0.3 is 9.84 Å². The quantitative estimate of drug-likeness (QED) is 0.482. The molecule has 0 aliphatic carbocycles. The summed E-state index contributed by atoms with van der Waals surface area (Å²) in [7, 11) is 0. The van der Waals surface area contributed by atoms with E-state index < -0.39 is 0 Å². The molecule has 0 aliphatic rings. The van der Waals surface area contributed by atoms with Crippen molar-refractivity contribution in [3.63, 3.8) is 0 Å². The highest BCUT2D eigenvalue weighted by atomic mass is 16.5. The second-order valence-corrected chi connectivity index (χ2v) is 4.09. The maximum atomic E-state index is 8.50. The minimum atomic E-state index is 0.131. The fourth-order valence-corrected chi connectivity index (χ4v) is 1.25. The van der Waals surface area contributed by atoms with Crippen LogP contribution in [0.1, 0.15) is 40.0 Å². The van der Waals surface area contributed by atoms with Crippen LogP contribution in [0.3, 0.4) is 0 Å².